The Labute approximate surface area is 147 Å². The second-order valence-electron chi connectivity index (χ2n) is 5.70. The van der Waals surface area contributed by atoms with Crippen molar-refractivity contribution in [3.05, 3.63) is 70.7 Å². The van der Waals surface area contributed by atoms with Crippen molar-refractivity contribution in [1.82, 2.24) is 4.90 Å². The summed E-state index contributed by atoms with van der Waals surface area (Å²) in [6, 6.07) is 17.5. The topological polar surface area (TPSA) is 46.3 Å². The van der Waals surface area contributed by atoms with Gasteiger partial charge in [0.05, 0.1) is 10.6 Å². The highest BCUT2D eigenvalue weighted by molar-refractivity contribution is 6.33. The first kappa shape index (κ1) is 17.8. The summed E-state index contributed by atoms with van der Waals surface area (Å²) in [4.78, 5) is 14.6. The van der Waals surface area contributed by atoms with Crippen LogP contribution in [0, 0.1) is 5.92 Å². The molecule has 2 aromatic carbocycles. The van der Waals surface area contributed by atoms with Crippen molar-refractivity contribution in [2.45, 2.75) is 5.92 Å². The van der Waals surface area contributed by atoms with Crippen LogP contribution in [-0.4, -0.2) is 30.4 Å². The lowest BCUT2D eigenvalue weighted by Crippen LogP contribution is -2.30. The smallest absolute Gasteiger partial charge is 0.255 e. The van der Waals surface area contributed by atoms with Crippen molar-refractivity contribution in [1.29, 1.82) is 0 Å². The molecule has 0 bridgehead atoms. The van der Waals surface area contributed by atoms with Gasteiger partial charge in [-0.1, -0.05) is 54.1 Å². The van der Waals surface area contributed by atoms with E-state index in [9.17, 15) is 4.79 Å². The zero-order valence-electron chi connectivity index (χ0n) is 12.7. The summed E-state index contributed by atoms with van der Waals surface area (Å²) in [7, 11) is 0. The summed E-state index contributed by atoms with van der Waals surface area (Å²) in [6.45, 7) is 1.95. The molecule has 0 spiro atoms. The molecule has 1 aliphatic rings. The number of amides is 1. The number of carbonyl (C=O) groups is 1. The monoisotopic (exact) mass is 350 g/mol. The summed E-state index contributed by atoms with van der Waals surface area (Å²) >= 11 is 6.15. The van der Waals surface area contributed by atoms with Crippen LogP contribution in [0.5, 0.6) is 0 Å². The number of halogens is 2. The van der Waals surface area contributed by atoms with E-state index in [0.717, 1.165) is 0 Å². The molecule has 0 aliphatic carbocycles. The molecule has 2 atom stereocenters. The Morgan fingerprint density at radius 3 is 2.39 bits per heavy atom. The lowest BCUT2D eigenvalue weighted by molar-refractivity contribution is 0.0786. The molecule has 1 amide bonds. The lowest BCUT2D eigenvalue weighted by Gasteiger charge is -2.17. The fourth-order valence-electron chi connectivity index (χ4n) is 3.16. The molecular weight excluding hydrogens is 331 g/mol. The van der Waals surface area contributed by atoms with E-state index in [2.05, 4.69) is 12.1 Å². The quantitative estimate of drug-likeness (QED) is 0.919. The molecule has 0 saturated carbocycles. The minimum Gasteiger partial charge on any atom is -0.338 e. The van der Waals surface area contributed by atoms with Crippen LogP contribution in [0.2, 0.25) is 5.02 Å². The highest BCUT2D eigenvalue weighted by atomic mass is 35.5. The summed E-state index contributed by atoms with van der Waals surface area (Å²) < 4.78 is 0. The van der Waals surface area contributed by atoms with E-state index in [1.54, 1.807) is 12.1 Å². The molecule has 3 nitrogen and oxygen atoms in total. The molecule has 2 N–H and O–H groups in total. The van der Waals surface area contributed by atoms with Crippen LogP contribution in [0.3, 0.4) is 0 Å². The predicted octanol–water partition coefficient (Wildman–Crippen LogP) is 3.58. The van der Waals surface area contributed by atoms with Crippen LogP contribution in [0.4, 0.5) is 0 Å². The number of benzene rings is 2. The van der Waals surface area contributed by atoms with Crippen molar-refractivity contribution in [3.8, 4) is 0 Å². The maximum Gasteiger partial charge on any atom is 0.255 e. The van der Waals surface area contributed by atoms with Gasteiger partial charge in [0.1, 0.15) is 0 Å². The molecule has 0 aromatic heterocycles. The van der Waals surface area contributed by atoms with Crippen molar-refractivity contribution < 1.29 is 4.79 Å². The predicted molar refractivity (Wildman–Crippen MR) is 96.3 cm³/mol. The van der Waals surface area contributed by atoms with E-state index in [1.807, 2.05) is 35.2 Å². The number of rotatable bonds is 3. The Balaban J connectivity index is 0.00000192. The van der Waals surface area contributed by atoms with Gasteiger partial charge >= 0.3 is 0 Å². The van der Waals surface area contributed by atoms with E-state index in [4.69, 9.17) is 17.3 Å². The van der Waals surface area contributed by atoms with Crippen molar-refractivity contribution in [2.75, 3.05) is 19.6 Å². The Bertz CT molecular complexity index is 663. The normalized spacial score (nSPS) is 20.2. The van der Waals surface area contributed by atoms with Gasteiger partial charge < -0.3 is 10.6 Å². The molecule has 2 aromatic rings. The maximum absolute atomic E-state index is 12.7. The number of nitrogens with zero attached hydrogens (tertiary/aromatic N) is 1. The molecule has 3 rings (SSSR count). The third-order valence-electron chi connectivity index (χ3n) is 4.36. The molecule has 0 radical (unpaired) electrons. The van der Waals surface area contributed by atoms with E-state index in [0.29, 0.717) is 30.2 Å². The molecule has 1 fully saturated rings. The lowest BCUT2D eigenvalue weighted by atomic mass is 9.89. The van der Waals surface area contributed by atoms with E-state index < -0.39 is 0 Å². The fourth-order valence-corrected chi connectivity index (χ4v) is 3.38. The van der Waals surface area contributed by atoms with Crippen molar-refractivity contribution >= 4 is 29.9 Å². The third-order valence-corrected chi connectivity index (χ3v) is 4.69. The molecule has 0 unspecified atom stereocenters. The van der Waals surface area contributed by atoms with Gasteiger partial charge in [-0.3, -0.25) is 4.79 Å². The van der Waals surface area contributed by atoms with Gasteiger partial charge in [0.2, 0.25) is 0 Å². The standard InChI is InChI=1S/C18H19ClN2O.ClH/c19-17-9-5-4-8-15(17)18(22)21-11-14(10-20)16(12-21)13-6-2-1-3-7-13;/h1-9,14,16H,10-12,20H2;1H/t14-,16+;/m1./s1. The summed E-state index contributed by atoms with van der Waals surface area (Å²) in [5.41, 5.74) is 7.74. The number of carbonyl (C=O) groups excluding carboxylic acids is 1. The minimum atomic E-state index is -0.0116. The number of hydrogen-bond donors (Lipinski definition) is 1. The Hall–Kier alpha value is -1.55. The summed E-state index contributed by atoms with van der Waals surface area (Å²) in [6.07, 6.45) is 0. The van der Waals surface area contributed by atoms with Gasteiger partial charge in [0.15, 0.2) is 0 Å². The van der Waals surface area contributed by atoms with Crippen LogP contribution in [0.1, 0.15) is 21.8 Å². The molecule has 122 valence electrons. The molecule has 1 heterocycles. The maximum atomic E-state index is 12.7. The van der Waals surface area contributed by atoms with Crippen molar-refractivity contribution in [3.63, 3.8) is 0 Å². The number of nitrogens with two attached hydrogens (primary N) is 1. The second-order valence-corrected chi connectivity index (χ2v) is 6.11. The van der Waals surface area contributed by atoms with Crippen LogP contribution >= 0.6 is 24.0 Å². The van der Waals surface area contributed by atoms with Gasteiger partial charge in [-0.15, -0.1) is 12.4 Å². The number of likely N-dealkylation sites (tertiary alicyclic amines) is 1. The Morgan fingerprint density at radius 1 is 1.09 bits per heavy atom. The first-order chi connectivity index (χ1) is 10.7. The Morgan fingerprint density at radius 2 is 1.74 bits per heavy atom. The zero-order valence-corrected chi connectivity index (χ0v) is 14.3. The average Bonchev–Trinajstić information content (AvgIpc) is 3.00. The van der Waals surface area contributed by atoms with E-state index >= 15 is 0 Å². The van der Waals surface area contributed by atoms with Crippen LogP contribution in [0.15, 0.2) is 54.6 Å². The average molecular weight is 351 g/mol. The first-order valence-corrected chi connectivity index (χ1v) is 7.87. The summed E-state index contributed by atoms with van der Waals surface area (Å²) in [5.74, 6) is 0.564. The van der Waals surface area contributed by atoms with Crippen molar-refractivity contribution in [2.24, 2.45) is 11.7 Å². The molecule has 5 heteroatoms. The Kier molecular flexibility index (Phi) is 6.05. The second kappa shape index (κ2) is 7.82. The first-order valence-electron chi connectivity index (χ1n) is 7.49. The molecular formula is C18H20Cl2N2O. The third kappa shape index (κ3) is 3.69. The van der Waals surface area contributed by atoms with Gasteiger partial charge in [0, 0.05) is 19.0 Å². The highest BCUT2D eigenvalue weighted by Gasteiger charge is 2.35. The summed E-state index contributed by atoms with van der Waals surface area (Å²) in [5, 5.41) is 0.500. The number of hydrogen-bond acceptors (Lipinski definition) is 2. The van der Waals surface area contributed by atoms with E-state index in [1.165, 1.54) is 5.56 Å². The molecule has 23 heavy (non-hydrogen) atoms. The minimum absolute atomic E-state index is 0. The molecule has 1 aliphatic heterocycles. The van der Waals surface area contributed by atoms with Crippen LogP contribution < -0.4 is 5.73 Å². The zero-order chi connectivity index (χ0) is 15.5. The van der Waals surface area contributed by atoms with Crippen LogP contribution in [-0.2, 0) is 0 Å². The van der Waals surface area contributed by atoms with Gasteiger partial charge in [-0.05, 0) is 30.2 Å². The molecule has 1 saturated heterocycles. The van der Waals surface area contributed by atoms with E-state index in [-0.39, 0.29) is 30.2 Å². The van der Waals surface area contributed by atoms with Crippen LogP contribution in [0.25, 0.3) is 0 Å². The SMILES string of the molecule is Cl.NC[C@@H]1CN(C(=O)c2ccccc2Cl)C[C@H]1c1ccccc1. The van der Waals surface area contributed by atoms with Gasteiger partial charge in [-0.2, -0.15) is 0 Å². The fraction of sp³-hybridized carbons (Fsp3) is 0.278. The largest absolute Gasteiger partial charge is 0.338 e. The van der Waals surface area contributed by atoms with Gasteiger partial charge in [-0.25, -0.2) is 0 Å². The highest BCUT2D eigenvalue weighted by Crippen LogP contribution is 2.33. The van der Waals surface area contributed by atoms with Gasteiger partial charge in [0.25, 0.3) is 5.91 Å².